The molecule has 0 aliphatic rings. The Morgan fingerprint density at radius 2 is 1.61 bits per heavy atom. The third-order valence-electron chi connectivity index (χ3n) is 3.74. The molecule has 1 heteroatoms. The number of hydrogen-bond acceptors (Lipinski definition) is 1. The third kappa shape index (κ3) is 5.11. The number of benzene rings is 2. The van der Waals surface area contributed by atoms with Gasteiger partial charge in [0.15, 0.2) is 0 Å². The first-order valence-corrected chi connectivity index (χ1v) is 8.24. The van der Waals surface area contributed by atoms with Crippen LogP contribution in [0.5, 0.6) is 0 Å². The fraction of sp³-hybridized carbons (Fsp3) is 0.318. The van der Waals surface area contributed by atoms with Crippen LogP contribution in [0.3, 0.4) is 0 Å². The van der Waals surface area contributed by atoms with Crippen LogP contribution in [-0.4, -0.2) is 5.71 Å². The van der Waals surface area contributed by atoms with E-state index in [2.05, 4.69) is 81.1 Å². The molecule has 0 aliphatic carbocycles. The van der Waals surface area contributed by atoms with E-state index < -0.39 is 0 Å². The van der Waals surface area contributed by atoms with Gasteiger partial charge in [-0.25, -0.2) is 4.99 Å². The van der Waals surface area contributed by atoms with Crippen molar-refractivity contribution < 1.29 is 0 Å². The zero-order valence-corrected chi connectivity index (χ0v) is 14.6. The van der Waals surface area contributed by atoms with Gasteiger partial charge in [-0.05, 0) is 41.0 Å². The predicted molar refractivity (Wildman–Crippen MR) is 99.9 cm³/mol. The number of hydrogen-bond donors (Lipinski definition) is 0. The number of rotatable bonds is 3. The van der Waals surface area contributed by atoms with Gasteiger partial charge in [0.05, 0.1) is 5.71 Å². The molecule has 0 spiro atoms. The molecule has 0 amide bonds. The van der Waals surface area contributed by atoms with E-state index in [4.69, 9.17) is 0 Å². The summed E-state index contributed by atoms with van der Waals surface area (Å²) < 4.78 is 0. The molecule has 23 heavy (non-hydrogen) atoms. The first kappa shape index (κ1) is 17.0. The maximum absolute atomic E-state index is 4.51. The lowest BCUT2D eigenvalue weighted by Gasteiger charge is -2.18. The molecule has 0 saturated carbocycles. The summed E-state index contributed by atoms with van der Waals surface area (Å²) in [6, 6.07) is 21.7. The second kappa shape index (κ2) is 7.79. The van der Waals surface area contributed by atoms with Gasteiger partial charge in [-0.1, -0.05) is 76.6 Å². The lowest BCUT2D eigenvalue weighted by atomic mass is 9.87. The van der Waals surface area contributed by atoms with E-state index in [0.29, 0.717) is 0 Å². The zero-order chi connectivity index (χ0) is 16.7. The van der Waals surface area contributed by atoms with Crippen LogP contribution in [0.2, 0.25) is 0 Å². The zero-order valence-electron chi connectivity index (χ0n) is 14.6. The summed E-state index contributed by atoms with van der Waals surface area (Å²) in [4.78, 5) is 4.51. The van der Waals surface area contributed by atoms with Crippen molar-refractivity contribution in [3.8, 4) is 12.0 Å². The Morgan fingerprint density at radius 3 is 2.17 bits per heavy atom. The molecule has 2 rings (SSSR count). The molecule has 2 aromatic rings. The Hall–Kier alpha value is -2.33. The first-order chi connectivity index (χ1) is 11.0. The van der Waals surface area contributed by atoms with Crippen molar-refractivity contribution in [1.82, 2.24) is 0 Å². The summed E-state index contributed by atoms with van der Waals surface area (Å²) in [6.45, 7) is 8.82. The summed E-state index contributed by atoms with van der Waals surface area (Å²) in [7, 11) is 0. The van der Waals surface area contributed by atoms with Crippen LogP contribution in [0, 0.1) is 12.0 Å². The summed E-state index contributed by atoms with van der Waals surface area (Å²) in [5.74, 6) is 3.14. The van der Waals surface area contributed by atoms with Gasteiger partial charge in [0.1, 0.15) is 0 Å². The van der Waals surface area contributed by atoms with Crippen LogP contribution in [0.1, 0.15) is 57.2 Å². The van der Waals surface area contributed by atoms with Gasteiger partial charge >= 0.3 is 0 Å². The van der Waals surface area contributed by atoms with Crippen molar-refractivity contribution in [2.75, 3.05) is 0 Å². The quantitative estimate of drug-likeness (QED) is 0.518. The van der Waals surface area contributed by atoms with E-state index in [1.165, 1.54) is 5.56 Å². The predicted octanol–water partition coefficient (Wildman–Crippen LogP) is 5.58. The molecule has 0 fully saturated rings. The Balaban J connectivity index is 2.19. The van der Waals surface area contributed by atoms with E-state index in [-0.39, 0.29) is 5.41 Å². The Kier molecular flexibility index (Phi) is 5.77. The van der Waals surface area contributed by atoms with Crippen molar-refractivity contribution in [3.05, 3.63) is 71.3 Å². The highest BCUT2D eigenvalue weighted by atomic mass is 14.7. The molecule has 0 heterocycles. The maximum Gasteiger partial charge on any atom is 0.0583 e. The van der Waals surface area contributed by atoms with Gasteiger partial charge in [-0.15, -0.1) is 0 Å². The van der Waals surface area contributed by atoms with E-state index in [9.17, 15) is 0 Å². The van der Waals surface area contributed by atoms with Crippen molar-refractivity contribution in [2.45, 2.75) is 46.0 Å². The second-order valence-electron chi connectivity index (χ2n) is 6.74. The average Bonchev–Trinajstić information content (AvgIpc) is 2.54. The average molecular weight is 303 g/mol. The highest BCUT2D eigenvalue weighted by Gasteiger charge is 2.12. The lowest BCUT2D eigenvalue weighted by Crippen LogP contribution is -2.10. The van der Waals surface area contributed by atoms with Crippen molar-refractivity contribution in [2.24, 2.45) is 4.99 Å². The van der Waals surface area contributed by atoms with E-state index in [0.717, 1.165) is 29.7 Å². The van der Waals surface area contributed by atoms with Crippen LogP contribution in [-0.2, 0) is 5.41 Å². The fourth-order valence-electron chi connectivity index (χ4n) is 2.35. The van der Waals surface area contributed by atoms with E-state index >= 15 is 0 Å². The minimum Gasteiger partial charge on any atom is -0.201 e. The largest absolute Gasteiger partial charge is 0.201 e. The molecule has 0 radical (unpaired) electrons. The summed E-state index contributed by atoms with van der Waals surface area (Å²) in [5, 5.41) is 0. The van der Waals surface area contributed by atoms with Crippen LogP contribution in [0.4, 0.5) is 0 Å². The highest BCUT2D eigenvalue weighted by molar-refractivity contribution is 6.01. The molecule has 0 atom stereocenters. The molecule has 0 bridgehead atoms. The highest BCUT2D eigenvalue weighted by Crippen LogP contribution is 2.21. The van der Waals surface area contributed by atoms with Crippen LogP contribution < -0.4 is 0 Å². The minimum absolute atomic E-state index is 0.172. The normalized spacial score (nSPS) is 11.7. The molecule has 2 aromatic carbocycles. The minimum atomic E-state index is 0.172. The van der Waals surface area contributed by atoms with Gasteiger partial charge in [0.25, 0.3) is 0 Å². The smallest absolute Gasteiger partial charge is 0.0583 e. The molecule has 1 nitrogen and oxygen atoms in total. The Morgan fingerprint density at radius 1 is 0.957 bits per heavy atom. The molecule has 0 N–H and O–H groups in total. The van der Waals surface area contributed by atoms with Gasteiger partial charge in [0, 0.05) is 11.6 Å². The first-order valence-electron chi connectivity index (χ1n) is 8.24. The molecule has 0 unspecified atom stereocenters. The number of aliphatic imine (C=N–C) groups is 1. The molecular formula is C22H25N. The van der Waals surface area contributed by atoms with Gasteiger partial charge in [-0.3, -0.25) is 0 Å². The summed E-state index contributed by atoms with van der Waals surface area (Å²) in [6.07, 6.45) is 2.01. The van der Waals surface area contributed by atoms with Crippen molar-refractivity contribution in [3.63, 3.8) is 0 Å². The van der Waals surface area contributed by atoms with Crippen LogP contribution >= 0.6 is 0 Å². The van der Waals surface area contributed by atoms with Crippen LogP contribution in [0.25, 0.3) is 0 Å². The molecule has 0 saturated heterocycles. The van der Waals surface area contributed by atoms with Gasteiger partial charge < -0.3 is 0 Å². The van der Waals surface area contributed by atoms with Gasteiger partial charge in [0.2, 0.25) is 0 Å². The second-order valence-corrected chi connectivity index (χ2v) is 6.74. The SMILES string of the molecule is CCC/C(=N\C#Cc1ccc(C(C)(C)C)cc1)c1ccccc1. The van der Waals surface area contributed by atoms with E-state index in [1.807, 2.05) is 18.2 Å². The molecular weight excluding hydrogens is 278 g/mol. The standard InChI is InChI=1S/C22H25N/c1-5-9-21(19-10-7-6-8-11-19)23-17-16-18-12-14-20(15-13-18)22(2,3)4/h6-8,10-15H,5,9H2,1-4H3/b23-21+. The lowest BCUT2D eigenvalue weighted by molar-refractivity contribution is 0.590. The summed E-state index contributed by atoms with van der Waals surface area (Å²) >= 11 is 0. The third-order valence-corrected chi connectivity index (χ3v) is 3.74. The van der Waals surface area contributed by atoms with Crippen molar-refractivity contribution in [1.29, 1.82) is 0 Å². The molecule has 0 aliphatic heterocycles. The molecule has 0 aromatic heterocycles. The monoisotopic (exact) mass is 303 g/mol. The topological polar surface area (TPSA) is 12.4 Å². The van der Waals surface area contributed by atoms with Gasteiger partial charge in [-0.2, -0.15) is 0 Å². The van der Waals surface area contributed by atoms with Crippen LogP contribution in [0.15, 0.2) is 59.6 Å². The molecule has 118 valence electrons. The number of nitrogens with zero attached hydrogens (tertiary/aromatic N) is 1. The maximum atomic E-state index is 4.51. The van der Waals surface area contributed by atoms with Crippen molar-refractivity contribution >= 4 is 5.71 Å². The Bertz CT molecular complexity index is 705. The van der Waals surface area contributed by atoms with E-state index in [1.54, 1.807) is 0 Å². The Labute approximate surface area is 140 Å². The summed E-state index contributed by atoms with van der Waals surface area (Å²) in [5.41, 5.74) is 4.72. The fourth-order valence-corrected chi connectivity index (χ4v) is 2.35.